The monoisotopic (exact) mass is 262 g/mol. The average Bonchev–Trinajstić information content (AvgIpc) is 2.27. The van der Waals surface area contributed by atoms with Gasteiger partial charge in [0.1, 0.15) is 5.82 Å². The van der Waals surface area contributed by atoms with E-state index in [1.54, 1.807) is 6.92 Å². The van der Waals surface area contributed by atoms with Crippen LogP contribution in [0.1, 0.15) is 18.5 Å². The molecule has 0 bridgehead atoms. The molecule has 0 aliphatic heterocycles. The van der Waals surface area contributed by atoms with E-state index in [1.165, 1.54) is 23.1 Å². The van der Waals surface area contributed by atoms with Crippen molar-refractivity contribution in [3.63, 3.8) is 0 Å². The van der Waals surface area contributed by atoms with E-state index in [0.29, 0.717) is 11.3 Å². The second-order valence-electron chi connectivity index (χ2n) is 4.05. The minimum absolute atomic E-state index is 0.0513. The summed E-state index contributed by atoms with van der Waals surface area (Å²) in [6.45, 7) is 0.919. The van der Waals surface area contributed by atoms with Gasteiger partial charge in [0.05, 0.1) is 13.2 Å². The minimum atomic E-state index is -2.54. The van der Waals surface area contributed by atoms with Crippen molar-refractivity contribution in [2.45, 2.75) is 19.4 Å². The minimum Gasteiger partial charge on any atom is -0.395 e. The summed E-state index contributed by atoms with van der Waals surface area (Å²) in [5.74, 6) is -0.466. The Kier molecular flexibility index (Phi) is 5.43. The first-order chi connectivity index (χ1) is 8.45. The highest BCUT2D eigenvalue weighted by Crippen LogP contribution is 2.26. The molecular weight excluding hydrogens is 245 g/mol. The fourth-order valence-corrected chi connectivity index (χ4v) is 1.78. The van der Waals surface area contributed by atoms with Gasteiger partial charge in [-0.15, -0.1) is 0 Å². The molecule has 3 nitrogen and oxygen atoms in total. The first-order valence-electron chi connectivity index (χ1n) is 5.64. The van der Waals surface area contributed by atoms with E-state index in [1.807, 2.05) is 0 Å². The van der Waals surface area contributed by atoms with E-state index in [2.05, 4.69) is 0 Å². The van der Waals surface area contributed by atoms with Crippen LogP contribution >= 0.6 is 0 Å². The second-order valence-corrected chi connectivity index (χ2v) is 4.05. The smallest absolute Gasteiger partial charge is 0.255 e. The Hall–Kier alpha value is -1.27. The molecule has 1 aromatic rings. The maximum Gasteiger partial charge on any atom is 0.255 e. The fraction of sp³-hybridized carbons (Fsp3) is 0.500. The van der Waals surface area contributed by atoms with Crippen LogP contribution in [-0.4, -0.2) is 31.2 Å². The van der Waals surface area contributed by atoms with Crippen molar-refractivity contribution in [2.24, 2.45) is 5.73 Å². The van der Waals surface area contributed by atoms with Crippen molar-refractivity contribution in [1.82, 2.24) is 0 Å². The zero-order chi connectivity index (χ0) is 13.7. The molecule has 0 saturated carbocycles. The number of benzene rings is 1. The molecule has 0 spiro atoms. The Morgan fingerprint density at radius 1 is 1.39 bits per heavy atom. The number of alkyl halides is 2. The van der Waals surface area contributed by atoms with E-state index < -0.39 is 24.8 Å². The summed E-state index contributed by atoms with van der Waals surface area (Å²) in [6.07, 6.45) is -2.54. The van der Waals surface area contributed by atoms with Crippen LogP contribution in [0.3, 0.4) is 0 Å². The van der Waals surface area contributed by atoms with Gasteiger partial charge in [-0.05, 0) is 30.7 Å². The van der Waals surface area contributed by atoms with E-state index in [4.69, 9.17) is 10.8 Å². The van der Waals surface area contributed by atoms with Crippen LogP contribution in [0, 0.1) is 5.82 Å². The Bertz CT molecular complexity index is 386. The van der Waals surface area contributed by atoms with Crippen LogP contribution in [0.5, 0.6) is 0 Å². The second kappa shape index (κ2) is 6.61. The first-order valence-corrected chi connectivity index (χ1v) is 5.64. The first kappa shape index (κ1) is 14.8. The predicted molar refractivity (Wildman–Crippen MR) is 64.3 cm³/mol. The van der Waals surface area contributed by atoms with Crippen molar-refractivity contribution in [2.75, 3.05) is 24.6 Å². The van der Waals surface area contributed by atoms with Gasteiger partial charge in [-0.1, -0.05) is 0 Å². The van der Waals surface area contributed by atoms with Crippen LogP contribution in [0.4, 0.5) is 18.9 Å². The van der Waals surface area contributed by atoms with E-state index in [0.717, 1.165) is 0 Å². The molecule has 0 aliphatic carbocycles. The quantitative estimate of drug-likeness (QED) is 0.823. The number of nitrogens with zero attached hydrogens (tertiary/aromatic N) is 1. The maximum atomic E-state index is 13.1. The van der Waals surface area contributed by atoms with Gasteiger partial charge in [0.2, 0.25) is 0 Å². The highest BCUT2D eigenvalue weighted by atomic mass is 19.3. The molecule has 6 heteroatoms. The normalized spacial score (nSPS) is 12.8. The molecule has 0 unspecified atom stereocenters. The van der Waals surface area contributed by atoms with Gasteiger partial charge in [0.15, 0.2) is 0 Å². The molecule has 18 heavy (non-hydrogen) atoms. The van der Waals surface area contributed by atoms with Crippen LogP contribution in [0.2, 0.25) is 0 Å². The molecule has 0 radical (unpaired) electrons. The van der Waals surface area contributed by atoms with Gasteiger partial charge in [0, 0.05) is 18.3 Å². The SMILES string of the molecule is C[C@H](N)c1cc(F)ccc1N(CCO)CC(F)F. The number of nitrogens with two attached hydrogens (primary N) is 1. The van der Waals surface area contributed by atoms with Crippen LogP contribution in [0.25, 0.3) is 0 Å². The third-order valence-electron chi connectivity index (χ3n) is 2.55. The zero-order valence-electron chi connectivity index (χ0n) is 10.1. The molecule has 3 N–H and O–H groups in total. The van der Waals surface area contributed by atoms with Crippen molar-refractivity contribution in [1.29, 1.82) is 0 Å². The molecule has 1 rings (SSSR count). The van der Waals surface area contributed by atoms with E-state index in [-0.39, 0.29) is 13.2 Å². The molecule has 0 saturated heterocycles. The van der Waals surface area contributed by atoms with Crippen LogP contribution < -0.4 is 10.6 Å². The highest BCUT2D eigenvalue weighted by molar-refractivity contribution is 5.55. The average molecular weight is 262 g/mol. The Labute approximate surface area is 104 Å². The molecule has 0 aromatic heterocycles. The molecular formula is C12H17F3N2O. The molecule has 0 fully saturated rings. The largest absolute Gasteiger partial charge is 0.395 e. The molecule has 1 aromatic carbocycles. The summed E-state index contributed by atoms with van der Waals surface area (Å²) in [4.78, 5) is 1.31. The van der Waals surface area contributed by atoms with Gasteiger partial charge in [0.25, 0.3) is 6.43 Å². The summed E-state index contributed by atoms with van der Waals surface area (Å²) >= 11 is 0. The van der Waals surface area contributed by atoms with Gasteiger partial charge in [-0.3, -0.25) is 0 Å². The molecule has 0 aliphatic rings. The standard InChI is InChI=1S/C12H17F3N2O/c1-8(16)10-6-9(13)2-3-11(10)17(4-5-18)7-12(14)15/h2-3,6,8,12,18H,4-5,7,16H2,1H3/t8-/m0/s1. The lowest BCUT2D eigenvalue weighted by atomic mass is 10.1. The highest BCUT2D eigenvalue weighted by Gasteiger charge is 2.17. The number of aliphatic hydroxyl groups is 1. The Morgan fingerprint density at radius 3 is 2.56 bits per heavy atom. The molecule has 102 valence electrons. The van der Waals surface area contributed by atoms with Crippen molar-refractivity contribution in [3.05, 3.63) is 29.6 Å². The van der Waals surface area contributed by atoms with Crippen LogP contribution in [0.15, 0.2) is 18.2 Å². The van der Waals surface area contributed by atoms with Gasteiger partial charge in [-0.25, -0.2) is 13.2 Å². The molecule has 1 atom stereocenters. The van der Waals surface area contributed by atoms with Crippen molar-refractivity contribution < 1.29 is 18.3 Å². The van der Waals surface area contributed by atoms with Crippen LogP contribution in [-0.2, 0) is 0 Å². The lowest BCUT2D eigenvalue weighted by molar-refractivity contribution is 0.152. The summed E-state index contributed by atoms with van der Waals surface area (Å²) in [6, 6.07) is 3.36. The Morgan fingerprint density at radius 2 is 2.06 bits per heavy atom. The predicted octanol–water partition coefficient (Wildman–Crippen LogP) is 1.91. The molecule has 0 heterocycles. The summed E-state index contributed by atoms with van der Waals surface area (Å²) in [5, 5.41) is 8.90. The summed E-state index contributed by atoms with van der Waals surface area (Å²) < 4.78 is 38.1. The van der Waals surface area contributed by atoms with Gasteiger partial charge < -0.3 is 15.7 Å². The fourth-order valence-electron chi connectivity index (χ4n) is 1.78. The lowest BCUT2D eigenvalue weighted by Gasteiger charge is -2.27. The summed E-state index contributed by atoms with van der Waals surface area (Å²) in [5.41, 5.74) is 6.58. The topological polar surface area (TPSA) is 49.5 Å². The zero-order valence-corrected chi connectivity index (χ0v) is 10.1. The molecule has 0 amide bonds. The number of hydrogen-bond acceptors (Lipinski definition) is 3. The maximum absolute atomic E-state index is 13.1. The van der Waals surface area contributed by atoms with Gasteiger partial charge in [-0.2, -0.15) is 0 Å². The van der Waals surface area contributed by atoms with E-state index in [9.17, 15) is 13.2 Å². The van der Waals surface area contributed by atoms with E-state index >= 15 is 0 Å². The number of halogens is 3. The summed E-state index contributed by atoms with van der Waals surface area (Å²) in [7, 11) is 0. The number of rotatable bonds is 6. The number of hydrogen-bond donors (Lipinski definition) is 2. The van der Waals surface area contributed by atoms with Crippen molar-refractivity contribution in [3.8, 4) is 0 Å². The lowest BCUT2D eigenvalue weighted by Crippen LogP contribution is -2.33. The Balaban J connectivity index is 3.09. The number of anilines is 1. The van der Waals surface area contributed by atoms with Gasteiger partial charge >= 0.3 is 0 Å². The van der Waals surface area contributed by atoms with Crippen molar-refractivity contribution >= 4 is 5.69 Å². The third kappa shape index (κ3) is 3.89. The third-order valence-corrected chi connectivity index (χ3v) is 2.55. The number of aliphatic hydroxyl groups excluding tert-OH is 1.